The normalized spacial score (nSPS) is 21.7. The largest absolute Gasteiger partial charge is 0.388 e. The minimum absolute atomic E-state index is 0.351. The number of aliphatic hydroxyl groups is 1. The molecule has 1 aliphatic heterocycles. The summed E-state index contributed by atoms with van der Waals surface area (Å²) in [6, 6.07) is 8.90. The van der Waals surface area contributed by atoms with Crippen LogP contribution in [0.4, 0.5) is 5.69 Å². The standard InChI is InChI=1S/C16H26N2O/c1-4-16(19)14-9-5-6-10-15(14)18-11-7-8-13(12-18)17(2)3/h5-6,9-10,13,16,19H,4,7-8,11-12H2,1-3H3/t13?,16-/m0/s1. The van der Waals surface area contributed by atoms with E-state index < -0.39 is 0 Å². The molecule has 1 aromatic rings. The molecule has 1 aliphatic rings. The molecule has 2 rings (SSSR count). The van der Waals surface area contributed by atoms with Crippen molar-refractivity contribution in [3.05, 3.63) is 29.8 Å². The molecule has 3 heteroatoms. The summed E-state index contributed by atoms with van der Waals surface area (Å²) >= 11 is 0. The van der Waals surface area contributed by atoms with Crippen molar-refractivity contribution in [1.29, 1.82) is 0 Å². The molecule has 1 N–H and O–H groups in total. The summed E-state index contributed by atoms with van der Waals surface area (Å²) in [5, 5.41) is 10.2. The summed E-state index contributed by atoms with van der Waals surface area (Å²) in [6.45, 7) is 4.18. The fourth-order valence-corrected chi connectivity index (χ4v) is 2.87. The second-order valence-electron chi connectivity index (χ2n) is 5.69. The molecule has 0 amide bonds. The number of piperidine rings is 1. The number of rotatable bonds is 4. The first-order valence-corrected chi connectivity index (χ1v) is 7.31. The number of para-hydroxylation sites is 1. The van der Waals surface area contributed by atoms with Gasteiger partial charge in [0.25, 0.3) is 0 Å². The molecular weight excluding hydrogens is 236 g/mol. The molecule has 1 unspecified atom stereocenters. The SMILES string of the molecule is CC[C@H](O)c1ccccc1N1CCCC(N(C)C)C1. The van der Waals surface area contributed by atoms with E-state index in [9.17, 15) is 5.11 Å². The van der Waals surface area contributed by atoms with Crippen LogP contribution in [0.5, 0.6) is 0 Å². The summed E-state index contributed by atoms with van der Waals surface area (Å²) in [4.78, 5) is 4.74. The van der Waals surface area contributed by atoms with Gasteiger partial charge < -0.3 is 14.9 Å². The highest BCUT2D eigenvalue weighted by Crippen LogP contribution is 2.30. The van der Waals surface area contributed by atoms with Gasteiger partial charge in [-0.15, -0.1) is 0 Å². The Kier molecular flexibility index (Phi) is 4.83. The topological polar surface area (TPSA) is 26.7 Å². The average Bonchev–Trinajstić information content (AvgIpc) is 2.46. The summed E-state index contributed by atoms with van der Waals surface area (Å²) in [5.41, 5.74) is 2.29. The van der Waals surface area contributed by atoms with Crippen molar-refractivity contribution < 1.29 is 5.11 Å². The lowest BCUT2D eigenvalue weighted by Gasteiger charge is -2.38. The van der Waals surface area contributed by atoms with E-state index >= 15 is 0 Å². The lowest BCUT2D eigenvalue weighted by Crippen LogP contribution is -2.45. The van der Waals surface area contributed by atoms with Gasteiger partial charge in [-0.25, -0.2) is 0 Å². The minimum Gasteiger partial charge on any atom is -0.388 e. The zero-order valence-electron chi connectivity index (χ0n) is 12.3. The molecule has 0 bridgehead atoms. The Bertz CT molecular complexity index is 405. The highest BCUT2D eigenvalue weighted by Gasteiger charge is 2.24. The van der Waals surface area contributed by atoms with E-state index in [2.05, 4.69) is 42.1 Å². The van der Waals surface area contributed by atoms with E-state index in [1.807, 2.05) is 13.0 Å². The van der Waals surface area contributed by atoms with Crippen molar-refractivity contribution in [3.8, 4) is 0 Å². The van der Waals surface area contributed by atoms with Crippen LogP contribution < -0.4 is 4.90 Å². The summed E-state index contributed by atoms with van der Waals surface area (Å²) in [5.74, 6) is 0. The van der Waals surface area contributed by atoms with Crippen LogP contribution in [0.1, 0.15) is 37.9 Å². The van der Waals surface area contributed by atoms with E-state index in [-0.39, 0.29) is 6.10 Å². The Morgan fingerprint density at radius 3 is 2.79 bits per heavy atom. The van der Waals surface area contributed by atoms with Crippen LogP contribution in [-0.2, 0) is 0 Å². The van der Waals surface area contributed by atoms with Crippen molar-refractivity contribution >= 4 is 5.69 Å². The van der Waals surface area contributed by atoms with Gasteiger partial charge in [-0.2, -0.15) is 0 Å². The van der Waals surface area contributed by atoms with E-state index in [1.165, 1.54) is 18.5 Å². The molecule has 1 aromatic carbocycles. The summed E-state index contributed by atoms with van der Waals surface area (Å²) in [6.07, 6.45) is 2.90. The average molecular weight is 262 g/mol. The highest BCUT2D eigenvalue weighted by molar-refractivity contribution is 5.55. The van der Waals surface area contributed by atoms with Gasteiger partial charge in [0.15, 0.2) is 0 Å². The van der Waals surface area contributed by atoms with Crippen LogP contribution in [0.3, 0.4) is 0 Å². The maximum atomic E-state index is 10.2. The first-order chi connectivity index (χ1) is 9.13. The van der Waals surface area contributed by atoms with Gasteiger partial charge in [0.2, 0.25) is 0 Å². The second kappa shape index (κ2) is 6.40. The van der Waals surface area contributed by atoms with Crippen LogP contribution in [-0.4, -0.2) is 43.2 Å². The fraction of sp³-hybridized carbons (Fsp3) is 0.625. The Morgan fingerprint density at radius 1 is 1.37 bits per heavy atom. The van der Waals surface area contributed by atoms with Gasteiger partial charge in [0, 0.05) is 30.4 Å². The number of aliphatic hydroxyl groups excluding tert-OH is 1. The number of anilines is 1. The molecule has 1 fully saturated rings. The molecule has 1 saturated heterocycles. The highest BCUT2D eigenvalue weighted by atomic mass is 16.3. The maximum absolute atomic E-state index is 10.2. The van der Waals surface area contributed by atoms with Crippen molar-refractivity contribution in [2.24, 2.45) is 0 Å². The van der Waals surface area contributed by atoms with Crippen molar-refractivity contribution in [2.45, 2.75) is 38.3 Å². The second-order valence-corrected chi connectivity index (χ2v) is 5.69. The summed E-state index contributed by atoms with van der Waals surface area (Å²) in [7, 11) is 4.31. The van der Waals surface area contributed by atoms with Crippen LogP contribution in [0.2, 0.25) is 0 Å². The van der Waals surface area contributed by atoms with Gasteiger partial charge >= 0.3 is 0 Å². The van der Waals surface area contributed by atoms with Gasteiger partial charge in [-0.3, -0.25) is 0 Å². The molecular formula is C16H26N2O. The number of likely N-dealkylation sites (N-methyl/N-ethyl adjacent to an activating group) is 1. The molecule has 0 aromatic heterocycles. The van der Waals surface area contributed by atoms with Crippen LogP contribution in [0, 0.1) is 0 Å². The third kappa shape index (κ3) is 3.28. The quantitative estimate of drug-likeness (QED) is 0.903. The number of nitrogens with zero attached hydrogens (tertiary/aromatic N) is 2. The van der Waals surface area contributed by atoms with E-state index in [1.54, 1.807) is 0 Å². The Balaban J connectivity index is 2.21. The lowest BCUT2D eigenvalue weighted by atomic mass is 10.00. The maximum Gasteiger partial charge on any atom is 0.0807 e. The predicted molar refractivity (Wildman–Crippen MR) is 80.6 cm³/mol. The van der Waals surface area contributed by atoms with Crippen LogP contribution >= 0.6 is 0 Å². The molecule has 0 radical (unpaired) electrons. The number of hydrogen-bond donors (Lipinski definition) is 1. The van der Waals surface area contributed by atoms with Crippen LogP contribution in [0.15, 0.2) is 24.3 Å². The third-order valence-electron chi connectivity index (χ3n) is 4.15. The van der Waals surface area contributed by atoms with E-state index in [0.29, 0.717) is 6.04 Å². The van der Waals surface area contributed by atoms with Crippen molar-refractivity contribution in [2.75, 3.05) is 32.1 Å². The van der Waals surface area contributed by atoms with Gasteiger partial charge in [-0.1, -0.05) is 25.1 Å². The van der Waals surface area contributed by atoms with Crippen LogP contribution in [0.25, 0.3) is 0 Å². The first-order valence-electron chi connectivity index (χ1n) is 7.31. The lowest BCUT2D eigenvalue weighted by molar-refractivity contribution is 0.173. The monoisotopic (exact) mass is 262 g/mol. The zero-order chi connectivity index (χ0) is 13.8. The first kappa shape index (κ1) is 14.4. The predicted octanol–water partition coefficient (Wildman–Crippen LogP) is 2.66. The summed E-state index contributed by atoms with van der Waals surface area (Å²) < 4.78 is 0. The Labute approximate surface area is 116 Å². The molecule has 0 saturated carbocycles. The molecule has 19 heavy (non-hydrogen) atoms. The van der Waals surface area contributed by atoms with E-state index in [0.717, 1.165) is 25.1 Å². The zero-order valence-corrected chi connectivity index (χ0v) is 12.3. The fourth-order valence-electron chi connectivity index (χ4n) is 2.87. The van der Waals surface area contributed by atoms with E-state index in [4.69, 9.17) is 0 Å². The molecule has 2 atom stereocenters. The number of hydrogen-bond acceptors (Lipinski definition) is 3. The van der Waals surface area contributed by atoms with Gasteiger partial charge in [-0.05, 0) is 39.4 Å². The molecule has 3 nitrogen and oxygen atoms in total. The molecule has 1 heterocycles. The van der Waals surface area contributed by atoms with Crippen molar-refractivity contribution in [1.82, 2.24) is 4.90 Å². The van der Waals surface area contributed by atoms with Gasteiger partial charge in [0.1, 0.15) is 0 Å². The third-order valence-corrected chi connectivity index (χ3v) is 4.15. The van der Waals surface area contributed by atoms with Crippen molar-refractivity contribution in [3.63, 3.8) is 0 Å². The minimum atomic E-state index is -0.351. The Morgan fingerprint density at radius 2 is 2.11 bits per heavy atom. The number of benzene rings is 1. The molecule has 106 valence electrons. The molecule has 0 aliphatic carbocycles. The smallest absolute Gasteiger partial charge is 0.0807 e. The molecule has 0 spiro atoms. The Hall–Kier alpha value is -1.06. The van der Waals surface area contributed by atoms with Gasteiger partial charge in [0.05, 0.1) is 6.10 Å².